The Morgan fingerprint density at radius 2 is 1.93 bits per heavy atom. The summed E-state index contributed by atoms with van der Waals surface area (Å²) in [7, 11) is 0. The number of H-pyrrole nitrogens is 2. The number of carbonyl (C=O) groups excluding carboxylic acids is 2. The van der Waals surface area contributed by atoms with Crippen molar-refractivity contribution in [1.82, 2.24) is 25.2 Å². The lowest BCUT2D eigenvalue weighted by Gasteiger charge is -2.23. The highest BCUT2D eigenvalue weighted by atomic mass is 16.2. The fourth-order valence-electron chi connectivity index (χ4n) is 4.03. The predicted octanol–water partition coefficient (Wildman–Crippen LogP) is 2.85. The Morgan fingerprint density at radius 3 is 2.79 bits per heavy atom. The summed E-state index contributed by atoms with van der Waals surface area (Å²) < 4.78 is 0. The molecule has 5 rings (SSSR count). The molecule has 0 spiro atoms. The number of imidazole rings is 1. The topological polar surface area (TPSA) is 93.9 Å². The molecule has 1 aliphatic heterocycles. The van der Waals surface area contributed by atoms with Crippen LogP contribution in [-0.2, 0) is 22.7 Å². The number of nitrogens with zero attached hydrogens (tertiary/aromatic N) is 2. The average molecular weight is 387 g/mol. The molecule has 1 saturated heterocycles. The molecule has 2 aromatic heterocycles. The number of rotatable bonds is 5. The van der Waals surface area contributed by atoms with Crippen molar-refractivity contribution in [3.8, 4) is 0 Å². The van der Waals surface area contributed by atoms with Crippen LogP contribution in [-0.4, -0.2) is 37.7 Å². The summed E-state index contributed by atoms with van der Waals surface area (Å²) in [4.78, 5) is 37.9. The van der Waals surface area contributed by atoms with Gasteiger partial charge in [-0.05, 0) is 30.2 Å². The zero-order valence-corrected chi connectivity index (χ0v) is 15.8. The van der Waals surface area contributed by atoms with Gasteiger partial charge in [-0.25, -0.2) is 4.98 Å². The smallest absolute Gasteiger partial charge is 0.243 e. The van der Waals surface area contributed by atoms with Crippen LogP contribution in [0.15, 0.2) is 54.7 Å². The lowest BCUT2D eigenvalue weighted by Crippen LogP contribution is -2.44. The van der Waals surface area contributed by atoms with Crippen LogP contribution in [0.1, 0.15) is 24.2 Å². The van der Waals surface area contributed by atoms with Crippen LogP contribution >= 0.6 is 0 Å². The van der Waals surface area contributed by atoms with E-state index < -0.39 is 6.04 Å². The Labute approximate surface area is 167 Å². The number of hydrogen-bond acceptors (Lipinski definition) is 3. The third-order valence-corrected chi connectivity index (χ3v) is 5.51. The summed E-state index contributed by atoms with van der Waals surface area (Å²) >= 11 is 0. The molecule has 4 aromatic rings. The van der Waals surface area contributed by atoms with E-state index in [-0.39, 0.29) is 11.8 Å². The molecule has 2 aromatic carbocycles. The van der Waals surface area contributed by atoms with Crippen LogP contribution in [0.3, 0.4) is 0 Å². The van der Waals surface area contributed by atoms with Crippen molar-refractivity contribution in [2.75, 3.05) is 0 Å². The molecule has 0 aliphatic carbocycles. The van der Waals surface area contributed by atoms with Crippen molar-refractivity contribution < 1.29 is 9.59 Å². The van der Waals surface area contributed by atoms with E-state index in [1.165, 1.54) is 0 Å². The molecule has 0 bridgehead atoms. The second-order valence-electron chi connectivity index (χ2n) is 7.35. The normalized spacial score (nSPS) is 16.8. The minimum Gasteiger partial charge on any atom is -0.361 e. The van der Waals surface area contributed by atoms with Crippen molar-refractivity contribution >= 4 is 33.8 Å². The van der Waals surface area contributed by atoms with E-state index in [1.807, 2.05) is 54.7 Å². The zero-order valence-electron chi connectivity index (χ0n) is 15.8. The number of aromatic amines is 2. The molecule has 7 heteroatoms. The van der Waals surface area contributed by atoms with Gasteiger partial charge in [-0.15, -0.1) is 0 Å². The number of likely N-dealkylation sites (tertiary alicyclic amines) is 1. The van der Waals surface area contributed by atoms with E-state index in [0.717, 1.165) is 27.5 Å². The maximum atomic E-state index is 12.8. The molecule has 2 amide bonds. The molecule has 1 unspecified atom stereocenters. The van der Waals surface area contributed by atoms with Crippen LogP contribution in [0.25, 0.3) is 21.9 Å². The first kappa shape index (κ1) is 17.5. The monoisotopic (exact) mass is 387 g/mol. The molecule has 1 fully saturated rings. The van der Waals surface area contributed by atoms with Gasteiger partial charge in [-0.2, -0.15) is 0 Å². The molecule has 1 aliphatic rings. The maximum absolute atomic E-state index is 12.8. The number of benzene rings is 2. The van der Waals surface area contributed by atoms with Gasteiger partial charge < -0.3 is 20.2 Å². The fourth-order valence-corrected chi connectivity index (χ4v) is 4.03. The number of amides is 2. The summed E-state index contributed by atoms with van der Waals surface area (Å²) in [5.41, 5.74) is 3.86. The molecule has 7 nitrogen and oxygen atoms in total. The van der Waals surface area contributed by atoms with Gasteiger partial charge in [0.25, 0.3) is 0 Å². The minimum absolute atomic E-state index is 0.0131. The number of hydrogen-bond donors (Lipinski definition) is 3. The van der Waals surface area contributed by atoms with E-state index >= 15 is 0 Å². The molecule has 0 radical (unpaired) electrons. The largest absolute Gasteiger partial charge is 0.361 e. The van der Waals surface area contributed by atoms with Gasteiger partial charge in [-0.1, -0.05) is 30.3 Å². The van der Waals surface area contributed by atoms with Crippen LogP contribution in [0.4, 0.5) is 0 Å². The zero-order chi connectivity index (χ0) is 19.8. The van der Waals surface area contributed by atoms with Crippen molar-refractivity contribution in [3.05, 3.63) is 66.1 Å². The van der Waals surface area contributed by atoms with Crippen LogP contribution in [0.5, 0.6) is 0 Å². The summed E-state index contributed by atoms with van der Waals surface area (Å²) in [6.07, 6.45) is 2.85. The molecule has 0 saturated carbocycles. The van der Waals surface area contributed by atoms with Gasteiger partial charge >= 0.3 is 0 Å². The quantitative estimate of drug-likeness (QED) is 0.491. The molecule has 146 valence electrons. The molecule has 1 atom stereocenters. The highest BCUT2D eigenvalue weighted by molar-refractivity contribution is 5.91. The third kappa shape index (κ3) is 3.24. The first-order valence-electron chi connectivity index (χ1n) is 9.75. The molecular weight excluding hydrogens is 366 g/mol. The van der Waals surface area contributed by atoms with Crippen molar-refractivity contribution in [2.45, 2.75) is 32.0 Å². The van der Waals surface area contributed by atoms with Crippen LogP contribution in [0.2, 0.25) is 0 Å². The Morgan fingerprint density at radius 1 is 1.14 bits per heavy atom. The van der Waals surface area contributed by atoms with Gasteiger partial charge in [0, 0.05) is 30.1 Å². The van der Waals surface area contributed by atoms with E-state index in [9.17, 15) is 9.59 Å². The Kier molecular flexibility index (Phi) is 4.27. The molecule has 3 N–H and O–H groups in total. The van der Waals surface area contributed by atoms with E-state index in [4.69, 9.17) is 0 Å². The fraction of sp³-hybridized carbons (Fsp3) is 0.227. The number of para-hydroxylation sites is 3. The summed E-state index contributed by atoms with van der Waals surface area (Å²) in [6.45, 7) is 0.727. The number of nitrogens with one attached hydrogen (secondary N) is 3. The van der Waals surface area contributed by atoms with Gasteiger partial charge in [0.1, 0.15) is 11.9 Å². The predicted molar refractivity (Wildman–Crippen MR) is 110 cm³/mol. The van der Waals surface area contributed by atoms with Gasteiger partial charge in [-0.3, -0.25) is 9.59 Å². The number of fused-ring (bicyclic) bond motifs is 2. The third-order valence-electron chi connectivity index (χ3n) is 5.51. The number of aromatic nitrogens is 3. The first-order chi connectivity index (χ1) is 14.2. The molecule has 3 heterocycles. The lowest BCUT2D eigenvalue weighted by atomic mass is 10.1. The Balaban J connectivity index is 1.29. The summed E-state index contributed by atoms with van der Waals surface area (Å²) in [5.74, 6) is 0.572. The highest BCUT2D eigenvalue weighted by Crippen LogP contribution is 2.25. The average Bonchev–Trinajstić information content (AvgIpc) is 3.44. The van der Waals surface area contributed by atoms with Crippen LogP contribution < -0.4 is 5.32 Å². The Hall–Kier alpha value is -3.61. The summed E-state index contributed by atoms with van der Waals surface area (Å²) in [6, 6.07) is 15.3. The van der Waals surface area contributed by atoms with Crippen molar-refractivity contribution in [3.63, 3.8) is 0 Å². The van der Waals surface area contributed by atoms with Gasteiger partial charge in [0.05, 0.1) is 17.6 Å². The highest BCUT2D eigenvalue weighted by Gasteiger charge is 2.36. The standard InChI is InChI=1S/C22H21N5O2/c28-21-10-9-19(27(21)13-14-11-23-16-6-2-1-5-15(14)16)22(29)24-12-20-25-17-7-3-4-8-18(17)26-20/h1-8,11,19,23H,9-10,12-13H2,(H,24,29)(H,25,26). The minimum atomic E-state index is -0.458. The first-order valence-corrected chi connectivity index (χ1v) is 9.75. The van der Waals surface area contributed by atoms with Crippen molar-refractivity contribution in [2.24, 2.45) is 0 Å². The summed E-state index contributed by atoms with van der Waals surface area (Å²) in [5, 5.41) is 4.01. The van der Waals surface area contributed by atoms with Gasteiger partial charge in [0.15, 0.2) is 0 Å². The van der Waals surface area contributed by atoms with Crippen molar-refractivity contribution in [1.29, 1.82) is 0 Å². The Bertz CT molecular complexity index is 1180. The van der Waals surface area contributed by atoms with E-state index in [2.05, 4.69) is 20.3 Å². The second kappa shape index (κ2) is 7.09. The maximum Gasteiger partial charge on any atom is 0.243 e. The molecule has 29 heavy (non-hydrogen) atoms. The van der Waals surface area contributed by atoms with E-state index in [0.29, 0.717) is 31.8 Å². The van der Waals surface area contributed by atoms with E-state index in [1.54, 1.807) is 4.90 Å². The lowest BCUT2D eigenvalue weighted by molar-refractivity contribution is -0.135. The second-order valence-corrected chi connectivity index (χ2v) is 7.35. The van der Waals surface area contributed by atoms with Crippen LogP contribution in [0, 0.1) is 0 Å². The molecular formula is C22H21N5O2. The number of carbonyl (C=O) groups is 2. The van der Waals surface area contributed by atoms with Gasteiger partial charge in [0.2, 0.25) is 11.8 Å². The SMILES string of the molecule is O=C(NCc1nc2ccccc2[nH]1)C1CCC(=O)N1Cc1c[nH]c2ccccc12.